The van der Waals surface area contributed by atoms with E-state index in [1.165, 1.54) is 11.1 Å². The van der Waals surface area contributed by atoms with Gasteiger partial charge in [-0.2, -0.15) is 0 Å². The Balaban J connectivity index is 1.74. The predicted octanol–water partition coefficient (Wildman–Crippen LogP) is 3.14. The lowest BCUT2D eigenvalue weighted by Crippen LogP contribution is -2.46. The van der Waals surface area contributed by atoms with Crippen LogP contribution in [0.3, 0.4) is 0 Å². The molecule has 0 amide bonds. The number of aryl methyl sites for hydroxylation is 2. The number of aliphatic hydroxyl groups is 1. The first kappa shape index (κ1) is 11.8. The Bertz CT molecular complexity index is 680. The van der Waals surface area contributed by atoms with E-state index in [1.54, 1.807) is 0 Å². The van der Waals surface area contributed by atoms with Crippen molar-refractivity contribution in [3.63, 3.8) is 0 Å². The Kier molecular flexibility index (Phi) is 2.36. The first-order chi connectivity index (χ1) is 9.68. The summed E-state index contributed by atoms with van der Waals surface area (Å²) >= 11 is 0. The molecule has 2 aliphatic rings. The monoisotopic (exact) mass is 268 g/mol. The highest BCUT2D eigenvalue weighted by molar-refractivity contribution is 5.44. The zero-order valence-corrected chi connectivity index (χ0v) is 11.3. The molecule has 4 rings (SSSR count). The van der Waals surface area contributed by atoms with Gasteiger partial charge in [0.1, 0.15) is 11.5 Å². The Labute approximate surface area is 117 Å². The second-order valence-electron chi connectivity index (χ2n) is 5.57. The molecule has 1 spiro atoms. The fourth-order valence-electron chi connectivity index (χ4n) is 3.09. The van der Waals surface area contributed by atoms with Gasteiger partial charge in [0, 0.05) is 12.0 Å². The van der Waals surface area contributed by atoms with E-state index < -0.39 is 11.9 Å². The van der Waals surface area contributed by atoms with Crippen molar-refractivity contribution in [2.24, 2.45) is 0 Å². The van der Waals surface area contributed by atoms with Crippen molar-refractivity contribution < 1.29 is 14.6 Å². The molecule has 0 unspecified atom stereocenters. The van der Waals surface area contributed by atoms with Crippen LogP contribution in [-0.2, 0) is 6.42 Å². The first-order valence-corrected chi connectivity index (χ1v) is 6.92. The maximum atomic E-state index is 10.6. The average molecular weight is 268 g/mol. The van der Waals surface area contributed by atoms with E-state index in [2.05, 4.69) is 13.0 Å². The number of fused-ring (bicyclic) bond motifs is 2. The summed E-state index contributed by atoms with van der Waals surface area (Å²) in [5.74, 6) is 0.565. The molecule has 0 fully saturated rings. The average Bonchev–Trinajstić information content (AvgIpc) is 2.73. The van der Waals surface area contributed by atoms with E-state index in [1.807, 2.05) is 36.4 Å². The molecule has 0 saturated heterocycles. The van der Waals surface area contributed by atoms with E-state index in [-0.39, 0.29) is 0 Å². The van der Waals surface area contributed by atoms with Crippen LogP contribution in [0.5, 0.6) is 11.5 Å². The zero-order chi connectivity index (χ0) is 13.7. The molecule has 2 aromatic carbocycles. The van der Waals surface area contributed by atoms with Crippen LogP contribution in [0.1, 0.15) is 29.2 Å². The third-order valence-electron chi connectivity index (χ3n) is 4.15. The second kappa shape index (κ2) is 4.00. The smallest absolute Gasteiger partial charge is 0.281 e. The van der Waals surface area contributed by atoms with Crippen LogP contribution in [-0.4, -0.2) is 10.9 Å². The largest absolute Gasteiger partial charge is 0.449 e. The minimum Gasteiger partial charge on any atom is -0.449 e. The third kappa shape index (κ3) is 1.56. The number of hydrogen-bond acceptors (Lipinski definition) is 3. The van der Waals surface area contributed by atoms with Crippen molar-refractivity contribution in [3.05, 3.63) is 59.2 Å². The lowest BCUT2D eigenvalue weighted by Gasteiger charge is -2.36. The summed E-state index contributed by atoms with van der Waals surface area (Å²) in [6.07, 6.45) is 0.759. The van der Waals surface area contributed by atoms with Crippen LogP contribution < -0.4 is 9.47 Å². The highest BCUT2D eigenvalue weighted by Crippen LogP contribution is 2.49. The minimum atomic E-state index is -0.966. The standard InChI is InChI=1S/C17H16O3/c1-11-6-7-14-12(10-11)8-9-17(19-14)16(18)13-4-2-3-5-15(13)20-17/h2-7,10,16,18H,8-9H2,1H3/t16-,17+/m0/s1. The van der Waals surface area contributed by atoms with Crippen molar-refractivity contribution in [2.75, 3.05) is 0 Å². The highest BCUT2D eigenvalue weighted by Gasteiger charge is 2.51. The molecular formula is C17H16O3. The van der Waals surface area contributed by atoms with Gasteiger partial charge < -0.3 is 14.6 Å². The summed E-state index contributed by atoms with van der Waals surface area (Å²) in [5, 5.41) is 10.6. The van der Waals surface area contributed by atoms with Gasteiger partial charge in [0.25, 0.3) is 5.79 Å². The fraction of sp³-hybridized carbons (Fsp3) is 0.294. The van der Waals surface area contributed by atoms with Crippen LogP contribution in [0.15, 0.2) is 42.5 Å². The van der Waals surface area contributed by atoms with E-state index in [0.717, 1.165) is 23.5 Å². The number of aliphatic hydroxyl groups excluding tert-OH is 1. The molecular weight excluding hydrogens is 252 g/mol. The van der Waals surface area contributed by atoms with Gasteiger partial charge in [-0.3, -0.25) is 0 Å². The molecule has 2 heterocycles. The van der Waals surface area contributed by atoms with Crippen molar-refractivity contribution in [1.82, 2.24) is 0 Å². The van der Waals surface area contributed by atoms with Gasteiger partial charge in [-0.05, 0) is 31.0 Å². The summed E-state index contributed by atoms with van der Waals surface area (Å²) < 4.78 is 12.0. The minimum absolute atomic E-state index is 0.652. The van der Waals surface area contributed by atoms with Crippen LogP contribution in [0.2, 0.25) is 0 Å². The molecule has 2 aromatic rings. The number of rotatable bonds is 0. The second-order valence-corrected chi connectivity index (χ2v) is 5.57. The van der Waals surface area contributed by atoms with Gasteiger partial charge in [0.15, 0.2) is 6.10 Å². The van der Waals surface area contributed by atoms with Gasteiger partial charge in [-0.1, -0.05) is 35.9 Å². The van der Waals surface area contributed by atoms with Gasteiger partial charge >= 0.3 is 0 Å². The summed E-state index contributed by atoms with van der Waals surface area (Å²) in [7, 11) is 0. The normalized spacial score (nSPS) is 26.6. The Morgan fingerprint density at radius 3 is 2.75 bits per heavy atom. The van der Waals surface area contributed by atoms with Crippen LogP contribution in [0, 0.1) is 6.92 Å². The quantitative estimate of drug-likeness (QED) is 0.797. The third-order valence-corrected chi connectivity index (χ3v) is 4.15. The first-order valence-electron chi connectivity index (χ1n) is 6.92. The highest BCUT2D eigenvalue weighted by atomic mass is 16.7. The molecule has 2 atom stereocenters. The number of ether oxygens (including phenoxy) is 2. The van der Waals surface area contributed by atoms with Crippen LogP contribution >= 0.6 is 0 Å². The molecule has 20 heavy (non-hydrogen) atoms. The summed E-state index contributed by atoms with van der Waals surface area (Å²) in [6, 6.07) is 13.7. The van der Waals surface area contributed by atoms with Crippen molar-refractivity contribution in [1.29, 1.82) is 0 Å². The number of hydrogen-bond donors (Lipinski definition) is 1. The Hall–Kier alpha value is -2.00. The molecule has 0 aliphatic carbocycles. The molecule has 102 valence electrons. The topological polar surface area (TPSA) is 38.7 Å². The summed E-state index contributed by atoms with van der Waals surface area (Å²) in [5.41, 5.74) is 3.21. The van der Waals surface area contributed by atoms with Gasteiger partial charge in [-0.25, -0.2) is 0 Å². The fourth-order valence-corrected chi connectivity index (χ4v) is 3.09. The lowest BCUT2D eigenvalue weighted by atomic mass is 9.93. The zero-order valence-electron chi connectivity index (χ0n) is 11.3. The maximum Gasteiger partial charge on any atom is 0.281 e. The van der Waals surface area contributed by atoms with Crippen molar-refractivity contribution in [2.45, 2.75) is 31.7 Å². The van der Waals surface area contributed by atoms with Crippen LogP contribution in [0.4, 0.5) is 0 Å². The van der Waals surface area contributed by atoms with E-state index >= 15 is 0 Å². The van der Waals surface area contributed by atoms with E-state index in [0.29, 0.717) is 6.42 Å². The van der Waals surface area contributed by atoms with Gasteiger partial charge in [0.05, 0.1) is 0 Å². The van der Waals surface area contributed by atoms with E-state index in [4.69, 9.17) is 9.47 Å². The van der Waals surface area contributed by atoms with Gasteiger partial charge in [-0.15, -0.1) is 0 Å². The molecule has 0 saturated carbocycles. The lowest BCUT2D eigenvalue weighted by molar-refractivity contribution is -0.179. The molecule has 1 N–H and O–H groups in total. The molecule has 0 aromatic heterocycles. The van der Waals surface area contributed by atoms with E-state index in [9.17, 15) is 5.11 Å². The molecule has 0 radical (unpaired) electrons. The number of benzene rings is 2. The maximum absolute atomic E-state index is 10.6. The van der Waals surface area contributed by atoms with Crippen LogP contribution in [0.25, 0.3) is 0 Å². The summed E-state index contributed by atoms with van der Waals surface area (Å²) in [4.78, 5) is 0. The van der Waals surface area contributed by atoms with Crippen molar-refractivity contribution >= 4 is 0 Å². The predicted molar refractivity (Wildman–Crippen MR) is 74.9 cm³/mol. The number of para-hydroxylation sites is 1. The molecule has 3 heteroatoms. The molecule has 0 bridgehead atoms. The SMILES string of the molecule is Cc1ccc2c(c1)CC[C@@]1(O2)Oc2ccccc2[C@@H]1O. The van der Waals surface area contributed by atoms with Crippen molar-refractivity contribution in [3.8, 4) is 11.5 Å². The summed E-state index contributed by atoms with van der Waals surface area (Å²) in [6.45, 7) is 2.07. The molecule has 2 aliphatic heterocycles. The Morgan fingerprint density at radius 1 is 1.10 bits per heavy atom. The van der Waals surface area contributed by atoms with Gasteiger partial charge in [0.2, 0.25) is 0 Å². The molecule has 3 nitrogen and oxygen atoms in total. The Morgan fingerprint density at radius 2 is 1.90 bits per heavy atom.